The zero-order chi connectivity index (χ0) is 26.8. The van der Waals surface area contributed by atoms with Gasteiger partial charge in [-0.25, -0.2) is 0 Å². The van der Waals surface area contributed by atoms with Crippen LogP contribution in [0.15, 0.2) is 71.3 Å². The summed E-state index contributed by atoms with van der Waals surface area (Å²) in [4.78, 5) is 8.42. The molecule has 0 saturated carbocycles. The van der Waals surface area contributed by atoms with Crippen LogP contribution < -0.4 is 0 Å². The number of fused-ring (bicyclic) bond motifs is 3. The Morgan fingerprint density at radius 1 is 0.966 bits per heavy atom. The maximum Gasteiger partial charge on any atom is 0.156 e. The van der Waals surface area contributed by atoms with Gasteiger partial charge in [-0.15, -0.1) is 0 Å². The second kappa shape index (κ2) is 6.85. The topological polar surface area (TPSA) is 38.9 Å². The van der Waals surface area contributed by atoms with Crippen LogP contribution >= 0.6 is 0 Å². The number of benzene rings is 2. The van der Waals surface area contributed by atoms with E-state index in [1.165, 1.54) is 12.3 Å². The molecule has 29 heavy (non-hydrogen) atoms. The maximum absolute atomic E-state index is 8.72. The smallest absolute Gasteiger partial charge is 0.156 e. The van der Waals surface area contributed by atoms with Crippen molar-refractivity contribution in [2.24, 2.45) is 0 Å². The van der Waals surface area contributed by atoms with E-state index in [0.29, 0.717) is 38.7 Å². The van der Waals surface area contributed by atoms with Crippen molar-refractivity contribution in [2.75, 3.05) is 0 Å². The van der Waals surface area contributed by atoms with Gasteiger partial charge in [-0.05, 0) is 68.0 Å². The molecule has 5 aromatic rings. The molecule has 3 heterocycles. The standard InChI is InChI=1S/C26H22N2O/c1-16-9-10-21(26-24(16)22-13-17(2)28-18(3)25(22)29-26)23-15-20(11-12-27-23)14-19-7-5-4-6-8-19/h4-13,15H,14H2,1-3H3/i2D3,3D3,14D2. The van der Waals surface area contributed by atoms with Crippen LogP contribution in [0.25, 0.3) is 33.2 Å². The van der Waals surface area contributed by atoms with E-state index in [1.807, 2.05) is 19.1 Å². The number of hydrogen-bond acceptors (Lipinski definition) is 3. The van der Waals surface area contributed by atoms with Gasteiger partial charge in [0.15, 0.2) is 5.58 Å². The third-order valence-electron chi connectivity index (χ3n) is 4.91. The van der Waals surface area contributed by atoms with Gasteiger partial charge in [-0.3, -0.25) is 9.97 Å². The molecule has 0 amide bonds. The Kier molecular flexibility index (Phi) is 2.58. The number of nitrogens with zero attached hydrogens (tertiary/aromatic N) is 2. The minimum atomic E-state index is -2.70. The number of rotatable bonds is 3. The quantitative estimate of drug-likeness (QED) is 0.352. The zero-order valence-corrected chi connectivity index (χ0v) is 15.7. The normalized spacial score (nSPS) is 16.9. The number of aromatic nitrogens is 2. The highest BCUT2D eigenvalue weighted by atomic mass is 16.3. The van der Waals surface area contributed by atoms with E-state index in [0.717, 1.165) is 5.56 Å². The molecule has 0 aliphatic heterocycles. The summed E-state index contributed by atoms with van der Waals surface area (Å²) < 4.78 is 70.8. The van der Waals surface area contributed by atoms with E-state index in [-0.39, 0.29) is 11.3 Å². The van der Waals surface area contributed by atoms with Crippen LogP contribution in [-0.2, 0) is 6.37 Å². The summed E-state index contributed by atoms with van der Waals surface area (Å²) in [6, 6.07) is 17.0. The van der Waals surface area contributed by atoms with Crippen LogP contribution in [-0.4, -0.2) is 9.97 Å². The average molecular weight is 387 g/mol. The largest absolute Gasteiger partial charge is 0.453 e. The molecule has 0 N–H and O–H groups in total. The van der Waals surface area contributed by atoms with Gasteiger partial charge >= 0.3 is 0 Å². The summed E-state index contributed by atoms with van der Waals surface area (Å²) in [6.07, 6.45) is -0.272. The van der Waals surface area contributed by atoms with Gasteiger partial charge in [0.05, 0.1) is 11.4 Å². The first-order valence-corrected chi connectivity index (χ1v) is 9.19. The van der Waals surface area contributed by atoms with Crippen LogP contribution in [0.4, 0.5) is 0 Å². The molecule has 0 radical (unpaired) electrons. The third kappa shape index (κ3) is 3.09. The molecule has 3 heteroatoms. The predicted octanol–water partition coefficient (Wildman–Crippen LogP) is 6.56. The molecule has 3 nitrogen and oxygen atoms in total. The number of furan rings is 1. The molecule has 0 bridgehead atoms. The minimum Gasteiger partial charge on any atom is -0.453 e. The van der Waals surface area contributed by atoms with Crippen molar-refractivity contribution >= 4 is 21.9 Å². The molecule has 0 atom stereocenters. The van der Waals surface area contributed by atoms with Gasteiger partial charge in [0.25, 0.3) is 0 Å². The maximum atomic E-state index is 8.72. The van der Waals surface area contributed by atoms with Crippen LogP contribution in [0.5, 0.6) is 0 Å². The molecule has 0 spiro atoms. The lowest BCUT2D eigenvalue weighted by Gasteiger charge is -2.07. The van der Waals surface area contributed by atoms with E-state index in [9.17, 15) is 0 Å². The SMILES string of the molecule is [2H]C([2H])([2H])c1cc2c(oc3c(-c4cc(C([2H])([2H])c5ccccc5)ccn4)ccc(C)c32)c(C([2H])([2H])[2H])n1. The zero-order valence-electron chi connectivity index (χ0n) is 23.7. The summed E-state index contributed by atoms with van der Waals surface area (Å²) >= 11 is 0. The number of pyridine rings is 2. The lowest BCUT2D eigenvalue weighted by molar-refractivity contribution is 0.663. The van der Waals surface area contributed by atoms with Crippen molar-refractivity contribution in [3.05, 3.63) is 94.9 Å². The molecule has 142 valence electrons. The Balaban J connectivity index is 1.78. The van der Waals surface area contributed by atoms with Crippen molar-refractivity contribution in [3.8, 4) is 11.3 Å². The van der Waals surface area contributed by atoms with Gasteiger partial charge in [0.1, 0.15) is 5.58 Å². The molecule has 0 aliphatic rings. The highest BCUT2D eigenvalue weighted by Gasteiger charge is 2.17. The first-order chi connectivity index (χ1) is 17.3. The van der Waals surface area contributed by atoms with E-state index in [4.69, 9.17) is 15.4 Å². The molecule has 0 fully saturated rings. The highest BCUT2D eigenvalue weighted by Crippen LogP contribution is 2.38. The molecule has 2 aromatic carbocycles. The van der Waals surface area contributed by atoms with Gasteiger partial charge in [0, 0.05) is 39.2 Å². The van der Waals surface area contributed by atoms with Crippen molar-refractivity contribution in [1.29, 1.82) is 0 Å². The lowest BCUT2D eigenvalue weighted by Crippen LogP contribution is -1.91. The van der Waals surface area contributed by atoms with Crippen molar-refractivity contribution in [1.82, 2.24) is 9.97 Å². The van der Waals surface area contributed by atoms with E-state index in [2.05, 4.69) is 9.97 Å². The summed E-state index contributed by atoms with van der Waals surface area (Å²) in [5.41, 5.74) is 2.18. The Bertz CT molecular complexity index is 1640. The number of aryl methyl sites for hydroxylation is 3. The fraction of sp³-hybridized carbons (Fsp3) is 0.154. The minimum absolute atomic E-state index is 0.00526. The second-order valence-corrected chi connectivity index (χ2v) is 6.89. The fourth-order valence-electron chi connectivity index (χ4n) is 3.59. The molecule has 3 aromatic heterocycles. The monoisotopic (exact) mass is 386 g/mol. The molecule has 0 aliphatic carbocycles. The molecular formula is C26H22N2O. The van der Waals surface area contributed by atoms with Gasteiger partial charge in [0.2, 0.25) is 0 Å². The van der Waals surface area contributed by atoms with E-state index < -0.39 is 25.8 Å². The van der Waals surface area contributed by atoms with Gasteiger partial charge < -0.3 is 4.42 Å². The van der Waals surface area contributed by atoms with Crippen LogP contribution in [0.2, 0.25) is 0 Å². The van der Waals surface area contributed by atoms with Crippen molar-refractivity contribution in [3.63, 3.8) is 0 Å². The Hall–Kier alpha value is -3.46. The van der Waals surface area contributed by atoms with Crippen molar-refractivity contribution in [2.45, 2.75) is 27.0 Å². The van der Waals surface area contributed by atoms with Crippen molar-refractivity contribution < 1.29 is 15.4 Å². The van der Waals surface area contributed by atoms with Gasteiger partial charge in [-0.2, -0.15) is 0 Å². The second-order valence-electron chi connectivity index (χ2n) is 6.89. The average Bonchev–Trinajstić information content (AvgIpc) is 3.23. The van der Waals surface area contributed by atoms with E-state index >= 15 is 0 Å². The first-order valence-electron chi connectivity index (χ1n) is 13.2. The summed E-state index contributed by atoms with van der Waals surface area (Å²) in [5, 5.41) is 0.904. The molecule has 0 unspecified atom stereocenters. The summed E-state index contributed by atoms with van der Waals surface area (Å²) in [6.45, 7) is -3.49. The predicted molar refractivity (Wildman–Crippen MR) is 118 cm³/mol. The Morgan fingerprint density at radius 3 is 2.69 bits per heavy atom. The molecular weight excluding hydrogens is 356 g/mol. The van der Waals surface area contributed by atoms with Crippen LogP contribution in [0.3, 0.4) is 0 Å². The Labute approximate surface area is 181 Å². The van der Waals surface area contributed by atoms with E-state index in [1.54, 1.807) is 42.5 Å². The van der Waals surface area contributed by atoms with Crippen LogP contribution in [0, 0.1) is 20.6 Å². The Morgan fingerprint density at radius 2 is 1.86 bits per heavy atom. The first kappa shape index (κ1) is 10.9. The fourth-order valence-corrected chi connectivity index (χ4v) is 3.59. The summed E-state index contributed by atoms with van der Waals surface area (Å²) in [5.74, 6) is 0. The number of hydrogen-bond donors (Lipinski definition) is 0. The van der Waals surface area contributed by atoms with Gasteiger partial charge in [-0.1, -0.05) is 36.4 Å². The lowest BCUT2D eigenvalue weighted by atomic mass is 9.99. The molecule has 5 rings (SSSR count). The van der Waals surface area contributed by atoms with Crippen LogP contribution in [0.1, 0.15) is 39.0 Å². The summed E-state index contributed by atoms with van der Waals surface area (Å²) in [7, 11) is 0. The third-order valence-corrected chi connectivity index (χ3v) is 4.91. The highest BCUT2D eigenvalue weighted by molar-refractivity contribution is 6.11. The molecule has 0 saturated heterocycles.